The Bertz CT molecular complexity index is 441. The minimum absolute atomic E-state index is 0.0759. The fourth-order valence-electron chi connectivity index (χ4n) is 2.08. The zero-order valence-corrected chi connectivity index (χ0v) is 10.2. The average Bonchev–Trinajstić information content (AvgIpc) is 2.54. The number of fused-ring (bicyclic) bond motifs is 1. The quantitative estimate of drug-likeness (QED) is 0.758. The Labute approximate surface area is 97.0 Å². The van der Waals surface area contributed by atoms with Gasteiger partial charge in [0.25, 0.3) is 0 Å². The lowest BCUT2D eigenvalue weighted by molar-refractivity contribution is 0.282. The van der Waals surface area contributed by atoms with Crippen molar-refractivity contribution in [2.75, 3.05) is 5.32 Å². The summed E-state index contributed by atoms with van der Waals surface area (Å²) in [6.45, 7) is 10.6. The number of anilines is 1. The fraction of sp³-hybridized carbons (Fsp3) is 0.429. The van der Waals surface area contributed by atoms with E-state index in [1.807, 2.05) is 0 Å². The van der Waals surface area contributed by atoms with Gasteiger partial charge in [0.1, 0.15) is 0 Å². The molecule has 0 radical (unpaired) electrons. The third-order valence-electron chi connectivity index (χ3n) is 3.04. The van der Waals surface area contributed by atoms with Crippen molar-refractivity contribution in [3.63, 3.8) is 0 Å². The van der Waals surface area contributed by atoms with Crippen LogP contribution in [0.4, 0.5) is 5.69 Å². The lowest BCUT2D eigenvalue weighted by Crippen LogP contribution is -2.12. The van der Waals surface area contributed by atoms with E-state index < -0.39 is 0 Å². The highest BCUT2D eigenvalue weighted by molar-refractivity contribution is 5.67. The minimum Gasteiger partial charge on any atom is -0.392 e. The van der Waals surface area contributed by atoms with Gasteiger partial charge in [-0.25, -0.2) is 0 Å². The molecule has 2 nitrogen and oxygen atoms in total. The first-order valence-corrected chi connectivity index (χ1v) is 5.64. The van der Waals surface area contributed by atoms with Crippen LogP contribution in [0.3, 0.4) is 0 Å². The van der Waals surface area contributed by atoms with E-state index in [1.54, 1.807) is 0 Å². The smallest absolute Gasteiger partial charge is 0.0702 e. The molecule has 1 heterocycles. The van der Waals surface area contributed by atoms with Crippen molar-refractivity contribution in [3.05, 3.63) is 41.1 Å². The third kappa shape index (κ3) is 1.85. The van der Waals surface area contributed by atoms with Crippen molar-refractivity contribution in [2.45, 2.75) is 39.2 Å². The topological polar surface area (TPSA) is 32.3 Å². The fourth-order valence-corrected chi connectivity index (χ4v) is 2.08. The van der Waals surface area contributed by atoms with Crippen LogP contribution in [0.5, 0.6) is 0 Å². The van der Waals surface area contributed by atoms with Gasteiger partial charge in [-0.2, -0.15) is 0 Å². The lowest BCUT2D eigenvalue weighted by atomic mass is 9.84. The Morgan fingerprint density at radius 3 is 2.62 bits per heavy atom. The summed E-state index contributed by atoms with van der Waals surface area (Å²) in [6, 6.07) is 4.31. The Hall–Kier alpha value is -1.28. The van der Waals surface area contributed by atoms with Crippen LogP contribution in [0.15, 0.2) is 24.4 Å². The van der Waals surface area contributed by atoms with Gasteiger partial charge >= 0.3 is 0 Å². The Kier molecular flexibility index (Phi) is 2.55. The number of hydrogen-bond donors (Lipinski definition) is 2. The first-order valence-electron chi connectivity index (χ1n) is 5.64. The Balaban J connectivity index is 2.55. The number of aliphatic hydroxyl groups is 1. The van der Waals surface area contributed by atoms with Crippen molar-refractivity contribution in [1.82, 2.24) is 0 Å². The van der Waals surface area contributed by atoms with Crippen LogP contribution in [-0.2, 0) is 18.4 Å². The number of nitrogens with one attached hydrogen (secondary N) is 1. The van der Waals surface area contributed by atoms with E-state index in [2.05, 4.69) is 44.8 Å². The minimum atomic E-state index is 0.0759. The molecule has 0 aliphatic carbocycles. The molecule has 0 aromatic heterocycles. The van der Waals surface area contributed by atoms with Crippen LogP contribution in [0, 0.1) is 0 Å². The predicted octanol–water partition coefficient (Wildman–Crippen LogP) is 2.96. The summed E-state index contributed by atoms with van der Waals surface area (Å²) in [5.41, 5.74) is 5.67. The van der Waals surface area contributed by atoms with Crippen LogP contribution in [0.2, 0.25) is 0 Å². The predicted molar refractivity (Wildman–Crippen MR) is 67.5 cm³/mol. The van der Waals surface area contributed by atoms with Crippen molar-refractivity contribution < 1.29 is 5.11 Å². The zero-order valence-electron chi connectivity index (χ0n) is 10.2. The molecule has 1 aromatic carbocycles. The molecule has 16 heavy (non-hydrogen) atoms. The third-order valence-corrected chi connectivity index (χ3v) is 3.04. The molecule has 0 atom stereocenters. The second-order valence-corrected chi connectivity index (χ2v) is 5.48. The molecule has 0 unspecified atom stereocenters. The first-order chi connectivity index (χ1) is 7.41. The molecule has 1 aromatic rings. The molecule has 2 N–H and O–H groups in total. The van der Waals surface area contributed by atoms with Gasteiger partial charge in [-0.1, -0.05) is 39.5 Å². The summed E-state index contributed by atoms with van der Waals surface area (Å²) in [5, 5.41) is 12.6. The van der Waals surface area contributed by atoms with Gasteiger partial charge in [0.05, 0.1) is 6.61 Å². The number of aliphatic hydroxyl groups excluding tert-OH is 1. The molecular formula is C14H19NO. The molecule has 2 rings (SSSR count). The van der Waals surface area contributed by atoms with Crippen molar-refractivity contribution in [1.29, 1.82) is 0 Å². The maximum absolute atomic E-state index is 9.41. The van der Waals surface area contributed by atoms with Crippen LogP contribution in [-0.4, -0.2) is 5.11 Å². The summed E-state index contributed by atoms with van der Waals surface area (Å²) < 4.78 is 0. The van der Waals surface area contributed by atoms with E-state index in [9.17, 15) is 5.11 Å². The summed E-state index contributed by atoms with van der Waals surface area (Å²) in [4.78, 5) is 0. The van der Waals surface area contributed by atoms with E-state index in [0.717, 1.165) is 23.4 Å². The molecule has 0 spiro atoms. The van der Waals surface area contributed by atoms with Gasteiger partial charge in [0, 0.05) is 23.4 Å². The van der Waals surface area contributed by atoms with Crippen LogP contribution < -0.4 is 5.32 Å². The lowest BCUT2D eigenvalue weighted by Gasteiger charge is -2.21. The van der Waals surface area contributed by atoms with Gasteiger partial charge < -0.3 is 10.4 Å². The van der Waals surface area contributed by atoms with E-state index in [-0.39, 0.29) is 12.0 Å². The van der Waals surface area contributed by atoms with Gasteiger partial charge in [0.15, 0.2) is 0 Å². The second kappa shape index (κ2) is 3.63. The first kappa shape index (κ1) is 11.2. The molecule has 0 bridgehead atoms. The van der Waals surface area contributed by atoms with Crippen LogP contribution >= 0.6 is 0 Å². The average molecular weight is 217 g/mol. The van der Waals surface area contributed by atoms with Gasteiger partial charge in [-0.3, -0.25) is 0 Å². The largest absolute Gasteiger partial charge is 0.392 e. The maximum atomic E-state index is 9.41. The Morgan fingerprint density at radius 2 is 2.06 bits per heavy atom. The van der Waals surface area contributed by atoms with Crippen molar-refractivity contribution in [2.24, 2.45) is 0 Å². The van der Waals surface area contributed by atoms with E-state index in [0.29, 0.717) is 0 Å². The molecule has 0 fully saturated rings. The number of benzene rings is 1. The Morgan fingerprint density at radius 1 is 1.38 bits per heavy atom. The standard InChI is InChI=1S/C14H19NO/c1-9-5-10-6-12(14(2,3)4)7-11(8-16)13(10)15-9/h6-7,15-16H,1,5,8H2,2-4H3. The monoisotopic (exact) mass is 217 g/mol. The van der Waals surface area contributed by atoms with Gasteiger partial charge in [-0.05, 0) is 16.5 Å². The SMILES string of the molecule is C=C1Cc2cc(C(C)(C)C)cc(CO)c2N1. The number of rotatable bonds is 1. The summed E-state index contributed by atoms with van der Waals surface area (Å²) in [5.74, 6) is 0. The maximum Gasteiger partial charge on any atom is 0.0702 e. The summed E-state index contributed by atoms with van der Waals surface area (Å²) in [7, 11) is 0. The van der Waals surface area contributed by atoms with Gasteiger partial charge in [-0.15, -0.1) is 0 Å². The van der Waals surface area contributed by atoms with Crippen LogP contribution in [0.25, 0.3) is 0 Å². The molecular weight excluding hydrogens is 198 g/mol. The highest BCUT2D eigenvalue weighted by Gasteiger charge is 2.22. The summed E-state index contributed by atoms with van der Waals surface area (Å²) in [6.07, 6.45) is 0.867. The van der Waals surface area contributed by atoms with E-state index in [4.69, 9.17) is 0 Å². The highest BCUT2D eigenvalue weighted by Crippen LogP contribution is 2.35. The van der Waals surface area contributed by atoms with E-state index in [1.165, 1.54) is 11.1 Å². The highest BCUT2D eigenvalue weighted by atomic mass is 16.3. The number of hydrogen-bond acceptors (Lipinski definition) is 2. The van der Waals surface area contributed by atoms with Crippen molar-refractivity contribution in [3.8, 4) is 0 Å². The normalized spacial score (nSPS) is 14.9. The molecule has 1 aliphatic rings. The van der Waals surface area contributed by atoms with Crippen molar-refractivity contribution >= 4 is 5.69 Å². The molecule has 2 heteroatoms. The molecule has 1 aliphatic heterocycles. The van der Waals surface area contributed by atoms with Gasteiger partial charge in [0.2, 0.25) is 0 Å². The zero-order chi connectivity index (χ0) is 11.9. The molecule has 0 saturated carbocycles. The van der Waals surface area contributed by atoms with Crippen LogP contribution in [0.1, 0.15) is 37.5 Å². The second-order valence-electron chi connectivity index (χ2n) is 5.48. The van der Waals surface area contributed by atoms with E-state index >= 15 is 0 Å². The number of allylic oxidation sites excluding steroid dienone is 1. The molecule has 0 amide bonds. The molecule has 86 valence electrons. The molecule has 0 saturated heterocycles. The summed E-state index contributed by atoms with van der Waals surface area (Å²) >= 11 is 0.